The number of rotatable bonds is 3. The molecule has 6 nitrogen and oxygen atoms in total. The van der Waals surface area contributed by atoms with Crippen molar-refractivity contribution < 1.29 is 9.21 Å². The number of aromatic nitrogens is 3. The second kappa shape index (κ2) is 6.39. The maximum Gasteiger partial charge on any atom is 0.291 e. The fourth-order valence-electron chi connectivity index (χ4n) is 3.29. The van der Waals surface area contributed by atoms with Crippen LogP contribution in [-0.2, 0) is 0 Å². The van der Waals surface area contributed by atoms with E-state index in [9.17, 15) is 4.79 Å². The number of furan rings is 1. The molecule has 0 atom stereocenters. The number of nitrogens with zero attached hydrogens (tertiary/aromatic N) is 2. The number of aryl methyl sites for hydroxylation is 4. The Morgan fingerprint density at radius 1 is 1.07 bits per heavy atom. The van der Waals surface area contributed by atoms with E-state index in [-0.39, 0.29) is 5.91 Å². The molecule has 2 aromatic heterocycles. The largest absolute Gasteiger partial charge is 0.450 e. The van der Waals surface area contributed by atoms with E-state index < -0.39 is 0 Å². The molecule has 0 aliphatic carbocycles. The van der Waals surface area contributed by atoms with Crippen molar-refractivity contribution in [3.63, 3.8) is 0 Å². The highest BCUT2D eigenvalue weighted by Crippen LogP contribution is 2.31. The van der Waals surface area contributed by atoms with Crippen LogP contribution >= 0.6 is 0 Å². The fourth-order valence-corrected chi connectivity index (χ4v) is 3.29. The van der Waals surface area contributed by atoms with Crippen molar-refractivity contribution in [3.8, 4) is 11.4 Å². The third-order valence-electron chi connectivity index (χ3n) is 4.66. The molecule has 4 aromatic rings. The molecule has 2 aromatic carbocycles. The summed E-state index contributed by atoms with van der Waals surface area (Å²) in [5.41, 5.74) is 5.21. The van der Waals surface area contributed by atoms with E-state index in [2.05, 4.69) is 20.5 Å². The Kier molecular flexibility index (Phi) is 4.03. The maximum absolute atomic E-state index is 12.8. The van der Waals surface area contributed by atoms with Crippen LogP contribution in [0.25, 0.3) is 22.4 Å². The number of anilines is 1. The summed E-state index contributed by atoms with van der Waals surface area (Å²) in [4.78, 5) is 17.2. The standard InChI is InChI=1S/C21H20N4O2/c1-11-8-9-12(2)18-17(11)13(3)19(27-18)21(26)23-16-7-5-6-15(10-16)20-22-14(4)24-25-20/h5-10H,1-4H3,(H,23,26)(H,22,24,25). The Hall–Kier alpha value is -3.41. The molecule has 0 aliphatic rings. The molecular formula is C21H20N4O2. The highest BCUT2D eigenvalue weighted by molar-refractivity contribution is 6.07. The molecular weight excluding hydrogens is 340 g/mol. The zero-order valence-corrected chi connectivity index (χ0v) is 15.7. The lowest BCUT2D eigenvalue weighted by molar-refractivity contribution is 0.0998. The number of fused-ring (bicyclic) bond motifs is 1. The highest BCUT2D eigenvalue weighted by atomic mass is 16.3. The number of nitrogens with one attached hydrogen (secondary N) is 2. The summed E-state index contributed by atoms with van der Waals surface area (Å²) in [6, 6.07) is 11.5. The van der Waals surface area contributed by atoms with Crippen LogP contribution in [0.2, 0.25) is 0 Å². The molecule has 2 heterocycles. The van der Waals surface area contributed by atoms with E-state index in [1.54, 1.807) is 0 Å². The van der Waals surface area contributed by atoms with Gasteiger partial charge in [0.15, 0.2) is 11.6 Å². The molecule has 6 heteroatoms. The van der Waals surface area contributed by atoms with Crippen LogP contribution in [0, 0.1) is 27.7 Å². The zero-order chi connectivity index (χ0) is 19.1. The molecule has 0 unspecified atom stereocenters. The normalized spacial score (nSPS) is 11.1. The Morgan fingerprint density at radius 3 is 2.56 bits per heavy atom. The van der Waals surface area contributed by atoms with Gasteiger partial charge in [0.05, 0.1) is 0 Å². The number of carbonyl (C=O) groups is 1. The Morgan fingerprint density at radius 2 is 1.85 bits per heavy atom. The summed E-state index contributed by atoms with van der Waals surface area (Å²) < 4.78 is 5.92. The van der Waals surface area contributed by atoms with Crippen molar-refractivity contribution in [1.82, 2.24) is 15.2 Å². The predicted octanol–water partition coefficient (Wildman–Crippen LogP) is 4.70. The third kappa shape index (κ3) is 2.99. The predicted molar refractivity (Wildman–Crippen MR) is 105 cm³/mol. The molecule has 136 valence electrons. The minimum Gasteiger partial charge on any atom is -0.450 e. The molecule has 0 bridgehead atoms. The molecule has 0 radical (unpaired) electrons. The van der Waals surface area contributed by atoms with Gasteiger partial charge < -0.3 is 9.73 Å². The van der Waals surface area contributed by atoms with Crippen molar-refractivity contribution in [2.45, 2.75) is 27.7 Å². The van der Waals surface area contributed by atoms with Crippen LogP contribution in [0.4, 0.5) is 5.69 Å². The summed E-state index contributed by atoms with van der Waals surface area (Å²) in [6.45, 7) is 7.76. The molecule has 0 saturated carbocycles. The summed E-state index contributed by atoms with van der Waals surface area (Å²) >= 11 is 0. The maximum atomic E-state index is 12.8. The van der Waals surface area contributed by atoms with Crippen molar-refractivity contribution in [1.29, 1.82) is 0 Å². The number of aromatic amines is 1. The summed E-state index contributed by atoms with van der Waals surface area (Å²) in [6.07, 6.45) is 0. The van der Waals surface area contributed by atoms with E-state index >= 15 is 0 Å². The van der Waals surface area contributed by atoms with Gasteiger partial charge in [-0.3, -0.25) is 9.89 Å². The quantitative estimate of drug-likeness (QED) is 0.554. The number of hydrogen-bond acceptors (Lipinski definition) is 4. The van der Waals surface area contributed by atoms with Crippen LogP contribution in [0.15, 0.2) is 40.8 Å². The second-order valence-electron chi connectivity index (χ2n) is 6.74. The van der Waals surface area contributed by atoms with Gasteiger partial charge in [-0.15, -0.1) is 0 Å². The third-order valence-corrected chi connectivity index (χ3v) is 4.66. The van der Waals surface area contributed by atoms with Gasteiger partial charge in [0.25, 0.3) is 5.91 Å². The van der Waals surface area contributed by atoms with Gasteiger partial charge >= 0.3 is 0 Å². The van der Waals surface area contributed by atoms with Gasteiger partial charge in [0.1, 0.15) is 11.4 Å². The number of amides is 1. The van der Waals surface area contributed by atoms with Crippen molar-refractivity contribution in [3.05, 3.63) is 64.7 Å². The lowest BCUT2D eigenvalue weighted by Gasteiger charge is -2.05. The van der Waals surface area contributed by atoms with Gasteiger partial charge in [-0.1, -0.05) is 24.3 Å². The van der Waals surface area contributed by atoms with Crippen molar-refractivity contribution in [2.75, 3.05) is 5.32 Å². The first-order valence-corrected chi connectivity index (χ1v) is 8.74. The fraction of sp³-hybridized carbons (Fsp3) is 0.190. The van der Waals surface area contributed by atoms with Gasteiger partial charge in [0.2, 0.25) is 0 Å². The van der Waals surface area contributed by atoms with Crippen LogP contribution in [0.5, 0.6) is 0 Å². The average Bonchev–Trinajstić information content (AvgIpc) is 3.23. The molecule has 4 rings (SSSR count). The van der Waals surface area contributed by atoms with Crippen molar-refractivity contribution >= 4 is 22.6 Å². The topological polar surface area (TPSA) is 83.8 Å². The van der Waals surface area contributed by atoms with Crippen LogP contribution < -0.4 is 5.32 Å². The van der Waals surface area contributed by atoms with Gasteiger partial charge in [-0.05, 0) is 51.0 Å². The molecule has 0 aliphatic heterocycles. The molecule has 27 heavy (non-hydrogen) atoms. The average molecular weight is 360 g/mol. The SMILES string of the molecule is Cc1nc(-c2cccc(NC(=O)c3oc4c(C)ccc(C)c4c3C)c2)n[nH]1. The number of carbonyl (C=O) groups excluding carboxylic acids is 1. The van der Waals surface area contributed by atoms with E-state index in [1.807, 2.05) is 64.1 Å². The first kappa shape index (κ1) is 17.0. The number of H-pyrrole nitrogens is 1. The van der Waals surface area contributed by atoms with E-state index in [0.29, 0.717) is 17.3 Å². The van der Waals surface area contributed by atoms with E-state index in [1.165, 1.54) is 0 Å². The summed E-state index contributed by atoms with van der Waals surface area (Å²) in [5, 5.41) is 10.9. The van der Waals surface area contributed by atoms with Gasteiger partial charge in [-0.2, -0.15) is 5.10 Å². The van der Waals surface area contributed by atoms with Gasteiger partial charge in [0, 0.05) is 22.2 Å². The molecule has 1 amide bonds. The summed E-state index contributed by atoms with van der Waals surface area (Å²) in [5.74, 6) is 1.39. The van der Waals surface area contributed by atoms with Crippen LogP contribution in [0.1, 0.15) is 33.1 Å². The monoisotopic (exact) mass is 360 g/mol. The smallest absolute Gasteiger partial charge is 0.291 e. The Balaban J connectivity index is 1.67. The lowest BCUT2D eigenvalue weighted by Crippen LogP contribution is -2.12. The Labute approximate surface area is 156 Å². The minimum atomic E-state index is -0.272. The molecule has 0 spiro atoms. The second-order valence-corrected chi connectivity index (χ2v) is 6.74. The first-order valence-electron chi connectivity index (χ1n) is 8.74. The highest BCUT2D eigenvalue weighted by Gasteiger charge is 2.20. The minimum absolute atomic E-state index is 0.272. The Bertz CT molecular complexity index is 1170. The van der Waals surface area contributed by atoms with Crippen LogP contribution in [-0.4, -0.2) is 21.1 Å². The van der Waals surface area contributed by atoms with Crippen molar-refractivity contribution in [2.24, 2.45) is 0 Å². The lowest BCUT2D eigenvalue weighted by atomic mass is 10.0. The zero-order valence-electron chi connectivity index (χ0n) is 15.7. The van der Waals surface area contributed by atoms with Gasteiger partial charge in [-0.25, -0.2) is 4.98 Å². The van der Waals surface area contributed by atoms with E-state index in [4.69, 9.17) is 4.42 Å². The van der Waals surface area contributed by atoms with Crippen LogP contribution in [0.3, 0.4) is 0 Å². The number of benzene rings is 2. The van der Waals surface area contributed by atoms with E-state index in [0.717, 1.165) is 39.0 Å². The molecule has 0 saturated heterocycles. The first-order chi connectivity index (χ1) is 12.9. The number of hydrogen-bond donors (Lipinski definition) is 2. The summed E-state index contributed by atoms with van der Waals surface area (Å²) in [7, 11) is 0. The molecule has 2 N–H and O–H groups in total. The molecule has 0 fully saturated rings.